The van der Waals surface area contributed by atoms with Crippen molar-refractivity contribution in [2.24, 2.45) is 0 Å². The summed E-state index contributed by atoms with van der Waals surface area (Å²) in [5.74, 6) is -0.289. The van der Waals surface area contributed by atoms with E-state index < -0.39 is 0 Å². The number of methoxy groups -OCH3 is 1. The second-order valence-electron chi connectivity index (χ2n) is 3.82. The van der Waals surface area contributed by atoms with Crippen LogP contribution in [0.5, 0.6) is 0 Å². The first-order valence-electron chi connectivity index (χ1n) is 5.62. The molecule has 3 nitrogen and oxygen atoms in total. The van der Waals surface area contributed by atoms with Gasteiger partial charge in [-0.25, -0.2) is 4.79 Å². The number of carbonyl (C=O) groups is 1. The van der Waals surface area contributed by atoms with Crippen molar-refractivity contribution >= 4 is 11.7 Å². The van der Waals surface area contributed by atoms with Gasteiger partial charge in [-0.3, -0.25) is 0 Å². The van der Waals surface area contributed by atoms with Crippen LogP contribution < -0.4 is 5.32 Å². The number of esters is 1. The molecule has 88 valence electrons. The molecule has 0 aliphatic rings. The molecule has 0 aliphatic heterocycles. The van der Waals surface area contributed by atoms with E-state index in [1.165, 1.54) is 7.11 Å². The molecule has 0 fully saturated rings. The lowest BCUT2D eigenvalue weighted by Gasteiger charge is -2.11. The van der Waals surface area contributed by atoms with Crippen LogP contribution in [-0.2, 0) is 4.74 Å². The molecule has 0 saturated heterocycles. The van der Waals surface area contributed by atoms with Crippen LogP contribution in [0.1, 0.15) is 35.7 Å². The van der Waals surface area contributed by atoms with Gasteiger partial charge in [0, 0.05) is 12.2 Å². The highest BCUT2D eigenvalue weighted by molar-refractivity contribution is 5.95. The summed E-state index contributed by atoms with van der Waals surface area (Å²) in [4.78, 5) is 11.6. The molecule has 1 rings (SSSR count). The predicted molar refractivity (Wildman–Crippen MR) is 65.9 cm³/mol. The summed E-state index contributed by atoms with van der Waals surface area (Å²) in [5.41, 5.74) is 2.52. The van der Waals surface area contributed by atoms with Crippen LogP contribution in [-0.4, -0.2) is 19.6 Å². The lowest BCUT2D eigenvalue weighted by Crippen LogP contribution is -2.09. The van der Waals surface area contributed by atoms with Crippen molar-refractivity contribution in [3.63, 3.8) is 0 Å². The number of hydrogen-bond acceptors (Lipinski definition) is 3. The third kappa shape index (κ3) is 3.26. The maximum Gasteiger partial charge on any atom is 0.339 e. The number of aryl methyl sites for hydroxylation is 1. The average molecular weight is 221 g/mol. The number of benzene rings is 1. The minimum Gasteiger partial charge on any atom is -0.465 e. The summed E-state index contributed by atoms with van der Waals surface area (Å²) in [6, 6.07) is 5.76. The van der Waals surface area contributed by atoms with E-state index in [0.29, 0.717) is 5.56 Å². The van der Waals surface area contributed by atoms with Gasteiger partial charge in [-0.1, -0.05) is 25.0 Å². The van der Waals surface area contributed by atoms with Crippen molar-refractivity contribution < 1.29 is 9.53 Å². The van der Waals surface area contributed by atoms with Gasteiger partial charge < -0.3 is 10.1 Å². The zero-order valence-corrected chi connectivity index (χ0v) is 10.2. The predicted octanol–water partition coefficient (Wildman–Crippen LogP) is 2.99. The fraction of sp³-hybridized carbons (Fsp3) is 0.462. The second kappa shape index (κ2) is 6.16. The molecular formula is C13H19NO2. The van der Waals surface area contributed by atoms with E-state index in [0.717, 1.165) is 30.6 Å². The number of nitrogens with one attached hydrogen (secondary N) is 1. The Labute approximate surface area is 96.8 Å². The summed E-state index contributed by atoms with van der Waals surface area (Å²) < 4.78 is 4.76. The van der Waals surface area contributed by atoms with Gasteiger partial charge in [0.15, 0.2) is 0 Å². The molecule has 16 heavy (non-hydrogen) atoms. The third-order valence-corrected chi connectivity index (χ3v) is 2.43. The molecule has 0 bridgehead atoms. The Morgan fingerprint density at radius 3 is 2.81 bits per heavy atom. The van der Waals surface area contributed by atoms with E-state index in [2.05, 4.69) is 12.2 Å². The topological polar surface area (TPSA) is 38.3 Å². The standard InChI is InChI=1S/C13H19NO2/c1-4-5-8-14-12-7-6-10(2)9-11(12)13(15)16-3/h6-7,9,14H,4-5,8H2,1-3H3. The lowest BCUT2D eigenvalue weighted by molar-refractivity contribution is 0.0601. The van der Waals surface area contributed by atoms with Crippen molar-refractivity contribution in [2.75, 3.05) is 19.0 Å². The van der Waals surface area contributed by atoms with Crippen molar-refractivity contribution in [1.29, 1.82) is 0 Å². The SMILES string of the molecule is CCCCNc1ccc(C)cc1C(=O)OC. The molecule has 0 amide bonds. The molecular weight excluding hydrogens is 202 g/mol. The van der Waals surface area contributed by atoms with Crippen LogP contribution in [0.25, 0.3) is 0 Å². The first kappa shape index (κ1) is 12.6. The maximum atomic E-state index is 11.6. The molecule has 0 unspecified atom stereocenters. The van der Waals surface area contributed by atoms with Crippen molar-refractivity contribution in [3.8, 4) is 0 Å². The zero-order chi connectivity index (χ0) is 12.0. The van der Waals surface area contributed by atoms with E-state index in [1.54, 1.807) is 0 Å². The second-order valence-corrected chi connectivity index (χ2v) is 3.82. The summed E-state index contributed by atoms with van der Waals surface area (Å²) in [5, 5.41) is 3.26. The first-order chi connectivity index (χ1) is 7.69. The number of carbonyl (C=O) groups excluding carboxylic acids is 1. The number of rotatable bonds is 5. The highest BCUT2D eigenvalue weighted by Gasteiger charge is 2.11. The van der Waals surface area contributed by atoms with Crippen LogP contribution in [0.2, 0.25) is 0 Å². The Balaban J connectivity index is 2.85. The normalized spacial score (nSPS) is 9.94. The molecule has 0 saturated carbocycles. The van der Waals surface area contributed by atoms with Crippen molar-refractivity contribution in [3.05, 3.63) is 29.3 Å². The van der Waals surface area contributed by atoms with Gasteiger partial charge in [0.25, 0.3) is 0 Å². The molecule has 0 aromatic heterocycles. The van der Waals surface area contributed by atoms with Gasteiger partial charge >= 0.3 is 5.97 Å². The number of unbranched alkanes of at least 4 members (excludes halogenated alkanes) is 1. The quantitative estimate of drug-likeness (QED) is 0.613. The molecule has 0 atom stereocenters. The van der Waals surface area contributed by atoms with Crippen molar-refractivity contribution in [1.82, 2.24) is 0 Å². The summed E-state index contributed by atoms with van der Waals surface area (Å²) >= 11 is 0. The largest absolute Gasteiger partial charge is 0.465 e. The Morgan fingerprint density at radius 1 is 1.44 bits per heavy atom. The summed E-state index contributed by atoms with van der Waals surface area (Å²) in [6.07, 6.45) is 2.22. The van der Waals surface area contributed by atoms with Gasteiger partial charge in [-0.2, -0.15) is 0 Å². The van der Waals surface area contributed by atoms with Crippen molar-refractivity contribution in [2.45, 2.75) is 26.7 Å². The summed E-state index contributed by atoms with van der Waals surface area (Å²) in [6.45, 7) is 4.98. The van der Waals surface area contributed by atoms with Gasteiger partial charge in [0.05, 0.1) is 12.7 Å². The number of anilines is 1. The Kier molecular flexibility index (Phi) is 4.83. The van der Waals surface area contributed by atoms with E-state index in [9.17, 15) is 4.79 Å². The van der Waals surface area contributed by atoms with Crippen LogP contribution >= 0.6 is 0 Å². The minimum absolute atomic E-state index is 0.289. The van der Waals surface area contributed by atoms with Gasteiger partial charge in [-0.15, -0.1) is 0 Å². The van der Waals surface area contributed by atoms with Gasteiger partial charge in [0.2, 0.25) is 0 Å². The fourth-order valence-electron chi connectivity index (χ4n) is 1.49. The van der Waals surface area contributed by atoms with Crippen LogP contribution in [0, 0.1) is 6.92 Å². The van der Waals surface area contributed by atoms with E-state index in [-0.39, 0.29) is 5.97 Å². The highest BCUT2D eigenvalue weighted by atomic mass is 16.5. The van der Waals surface area contributed by atoms with E-state index in [4.69, 9.17) is 4.74 Å². The fourth-order valence-corrected chi connectivity index (χ4v) is 1.49. The molecule has 1 aromatic rings. The Bertz CT molecular complexity index is 361. The Hall–Kier alpha value is -1.51. The monoisotopic (exact) mass is 221 g/mol. The molecule has 0 heterocycles. The number of hydrogen-bond donors (Lipinski definition) is 1. The van der Waals surface area contributed by atoms with Crippen LogP contribution in [0.4, 0.5) is 5.69 Å². The number of ether oxygens (including phenoxy) is 1. The molecule has 3 heteroatoms. The first-order valence-corrected chi connectivity index (χ1v) is 5.62. The van der Waals surface area contributed by atoms with Crippen LogP contribution in [0.15, 0.2) is 18.2 Å². The van der Waals surface area contributed by atoms with Gasteiger partial charge in [-0.05, 0) is 25.5 Å². The maximum absolute atomic E-state index is 11.6. The summed E-state index contributed by atoms with van der Waals surface area (Å²) in [7, 11) is 1.40. The minimum atomic E-state index is -0.289. The molecule has 0 aliphatic carbocycles. The zero-order valence-electron chi connectivity index (χ0n) is 10.2. The lowest BCUT2D eigenvalue weighted by atomic mass is 10.1. The molecule has 1 aromatic carbocycles. The van der Waals surface area contributed by atoms with Crippen LogP contribution in [0.3, 0.4) is 0 Å². The third-order valence-electron chi connectivity index (χ3n) is 2.43. The molecule has 0 spiro atoms. The average Bonchev–Trinajstić information content (AvgIpc) is 2.30. The highest BCUT2D eigenvalue weighted by Crippen LogP contribution is 2.18. The molecule has 1 N–H and O–H groups in total. The molecule has 0 radical (unpaired) electrons. The van der Waals surface area contributed by atoms with Gasteiger partial charge in [0.1, 0.15) is 0 Å². The Morgan fingerprint density at radius 2 is 2.19 bits per heavy atom. The van der Waals surface area contributed by atoms with E-state index in [1.807, 2.05) is 25.1 Å². The van der Waals surface area contributed by atoms with E-state index >= 15 is 0 Å². The smallest absolute Gasteiger partial charge is 0.339 e.